The summed E-state index contributed by atoms with van der Waals surface area (Å²) < 4.78 is 11.3. The van der Waals surface area contributed by atoms with Crippen LogP contribution in [0, 0.1) is 13.8 Å². The van der Waals surface area contributed by atoms with Crippen LogP contribution in [0.25, 0.3) is 33.3 Å². The fourth-order valence-electron chi connectivity index (χ4n) is 5.74. The van der Waals surface area contributed by atoms with Crippen LogP contribution in [0.15, 0.2) is 119 Å². The molecular formula is C37H30N2O2S. The third kappa shape index (κ3) is 4.38. The van der Waals surface area contributed by atoms with Gasteiger partial charge in [-0.3, -0.25) is 0 Å². The summed E-state index contributed by atoms with van der Waals surface area (Å²) in [7, 11) is 3.34. The number of hydrogen-bond donors (Lipinski definition) is 0. The van der Waals surface area contributed by atoms with Crippen LogP contribution in [-0.4, -0.2) is 19.2 Å². The van der Waals surface area contributed by atoms with Gasteiger partial charge in [-0.25, -0.2) is 4.98 Å². The first-order valence-corrected chi connectivity index (χ1v) is 14.8. The maximum Gasteiger partial charge on any atom is 0.161 e. The van der Waals surface area contributed by atoms with Crippen molar-refractivity contribution >= 4 is 39.7 Å². The molecule has 0 fully saturated rings. The number of methoxy groups -OCH3 is 2. The highest BCUT2D eigenvalue weighted by atomic mass is 32.2. The van der Waals surface area contributed by atoms with Crippen molar-refractivity contribution in [2.24, 2.45) is 0 Å². The van der Waals surface area contributed by atoms with Crippen molar-refractivity contribution in [2.45, 2.75) is 23.6 Å². The van der Waals surface area contributed by atoms with E-state index in [-0.39, 0.29) is 0 Å². The molecule has 0 spiro atoms. The molecule has 6 aromatic rings. The minimum absolute atomic E-state index is 0.696. The summed E-state index contributed by atoms with van der Waals surface area (Å²) in [6.45, 7) is 4.27. The Bertz CT molecular complexity index is 1920. The smallest absolute Gasteiger partial charge is 0.161 e. The molecule has 7 rings (SSSR count). The van der Waals surface area contributed by atoms with Crippen LogP contribution in [0.2, 0.25) is 0 Å². The van der Waals surface area contributed by atoms with Crippen molar-refractivity contribution in [3.63, 3.8) is 0 Å². The monoisotopic (exact) mass is 566 g/mol. The largest absolute Gasteiger partial charge is 0.493 e. The molecule has 0 saturated heterocycles. The lowest BCUT2D eigenvalue weighted by atomic mass is 9.94. The zero-order valence-electron chi connectivity index (χ0n) is 24.0. The number of nitrogens with zero attached hydrogens (tertiary/aromatic N) is 2. The molecule has 5 heteroatoms. The van der Waals surface area contributed by atoms with E-state index in [1.807, 2.05) is 17.8 Å². The molecule has 0 bridgehead atoms. The third-order valence-electron chi connectivity index (χ3n) is 7.86. The van der Waals surface area contributed by atoms with Crippen molar-refractivity contribution in [3.05, 3.63) is 120 Å². The van der Waals surface area contributed by atoms with Gasteiger partial charge in [-0.2, -0.15) is 0 Å². The van der Waals surface area contributed by atoms with E-state index in [1.54, 1.807) is 14.2 Å². The summed E-state index contributed by atoms with van der Waals surface area (Å²) in [6.07, 6.45) is 0. The van der Waals surface area contributed by atoms with E-state index in [0.717, 1.165) is 55.9 Å². The van der Waals surface area contributed by atoms with Gasteiger partial charge >= 0.3 is 0 Å². The van der Waals surface area contributed by atoms with Crippen molar-refractivity contribution in [1.29, 1.82) is 0 Å². The van der Waals surface area contributed by atoms with E-state index in [9.17, 15) is 0 Å². The van der Waals surface area contributed by atoms with Crippen LogP contribution in [0.3, 0.4) is 0 Å². The first kappa shape index (κ1) is 26.2. The molecule has 4 nitrogen and oxygen atoms in total. The Hall–Kier alpha value is -4.74. The van der Waals surface area contributed by atoms with Gasteiger partial charge in [-0.1, -0.05) is 78.0 Å². The maximum atomic E-state index is 5.71. The molecule has 0 amide bonds. The van der Waals surface area contributed by atoms with Crippen LogP contribution < -0.4 is 14.4 Å². The Morgan fingerprint density at radius 2 is 1.26 bits per heavy atom. The molecule has 2 heterocycles. The fourth-order valence-corrected chi connectivity index (χ4v) is 6.80. The summed E-state index contributed by atoms with van der Waals surface area (Å²) in [5.41, 5.74) is 10.8. The number of rotatable bonds is 5. The van der Waals surface area contributed by atoms with Gasteiger partial charge in [0.25, 0.3) is 0 Å². The van der Waals surface area contributed by atoms with E-state index in [0.29, 0.717) is 11.5 Å². The van der Waals surface area contributed by atoms with Crippen molar-refractivity contribution in [1.82, 2.24) is 4.98 Å². The van der Waals surface area contributed by atoms with Crippen molar-refractivity contribution in [3.8, 4) is 33.9 Å². The molecule has 0 N–H and O–H groups in total. The van der Waals surface area contributed by atoms with E-state index >= 15 is 0 Å². The van der Waals surface area contributed by atoms with Crippen LogP contribution in [0.5, 0.6) is 11.5 Å². The number of pyridine rings is 1. The van der Waals surface area contributed by atoms with Crippen LogP contribution in [0.1, 0.15) is 11.1 Å². The van der Waals surface area contributed by atoms with Crippen molar-refractivity contribution < 1.29 is 9.47 Å². The number of hydrogen-bond acceptors (Lipinski definition) is 5. The quantitative estimate of drug-likeness (QED) is 0.207. The number of fused-ring (bicyclic) bond motifs is 3. The van der Waals surface area contributed by atoms with Gasteiger partial charge < -0.3 is 14.4 Å². The van der Waals surface area contributed by atoms with Gasteiger partial charge in [0.1, 0.15) is 0 Å². The van der Waals surface area contributed by atoms with Gasteiger partial charge in [-0.15, -0.1) is 0 Å². The Morgan fingerprint density at radius 3 is 1.93 bits per heavy atom. The second kappa shape index (κ2) is 10.6. The second-order valence-corrected chi connectivity index (χ2v) is 11.6. The normalized spacial score (nSPS) is 12.1. The van der Waals surface area contributed by atoms with E-state index in [1.165, 1.54) is 15.4 Å². The molecule has 0 aliphatic carbocycles. The molecule has 0 unspecified atom stereocenters. The molecule has 0 radical (unpaired) electrons. The SMILES string of the molecule is COc1ccc(-c2cc(-c3ccc(C)cc3)nc3c(N4c5ccccc5Sc5ccccc54)ccc(C)c23)cc1OC. The summed E-state index contributed by atoms with van der Waals surface area (Å²) in [5.74, 6) is 1.40. The van der Waals surface area contributed by atoms with Crippen molar-refractivity contribution in [2.75, 3.05) is 19.1 Å². The third-order valence-corrected chi connectivity index (χ3v) is 8.99. The predicted octanol–water partition coefficient (Wildman–Crippen LogP) is 10.1. The Labute approximate surface area is 250 Å². The summed E-state index contributed by atoms with van der Waals surface area (Å²) in [6, 6.07) is 38.6. The lowest BCUT2D eigenvalue weighted by Gasteiger charge is -2.33. The highest BCUT2D eigenvalue weighted by Crippen LogP contribution is 2.53. The van der Waals surface area contributed by atoms with E-state index in [2.05, 4.69) is 122 Å². The molecule has 1 aromatic heterocycles. The number of ether oxygens (including phenoxy) is 2. The topological polar surface area (TPSA) is 34.6 Å². The first-order valence-electron chi connectivity index (χ1n) is 14.0. The van der Waals surface area contributed by atoms with Gasteiger partial charge in [0.15, 0.2) is 11.5 Å². The highest BCUT2D eigenvalue weighted by molar-refractivity contribution is 7.99. The molecule has 0 atom stereocenters. The number of aryl methyl sites for hydroxylation is 2. The lowest BCUT2D eigenvalue weighted by Crippen LogP contribution is -2.15. The summed E-state index contributed by atoms with van der Waals surface area (Å²) in [5, 5.41) is 1.11. The minimum Gasteiger partial charge on any atom is -0.493 e. The molecule has 5 aromatic carbocycles. The molecular weight excluding hydrogens is 536 g/mol. The molecule has 1 aliphatic heterocycles. The van der Waals surface area contributed by atoms with Crippen LogP contribution in [0.4, 0.5) is 17.1 Å². The number of aromatic nitrogens is 1. The van der Waals surface area contributed by atoms with Gasteiger partial charge in [0.2, 0.25) is 0 Å². The highest BCUT2D eigenvalue weighted by Gasteiger charge is 2.27. The summed E-state index contributed by atoms with van der Waals surface area (Å²) in [4.78, 5) is 10.2. The molecule has 0 saturated carbocycles. The van der Waals surface area contributed by atoms with Gasteiger partial charge in [-0.05, 0) is 79.1 Å². The zero-order chi connectivity index (χ0) is 28.8. The van der Waals surface area contributed by atoms with Crippen LogP contribution in [-0.2, 0) is 0 Å². The first-order chi connectivity index (χ1) is 20.6. The van der Waals surface area contributed by atoms with Gasteiger partial charge in [0.05, 0.1) is 42.5 Å². The average molecular weight is 567 g/mol. The zero-order valence-corrected chi connectivity index (χ0v) is 24.8. The van der Waals surface area contributed by atoms with E-state index < -0.39 is 0 Å². The summed E-state index contributed by atoms with van der Waals surface area (Å²) >= 11 is 1.81. The van der Waals surface area contributed by atoms with Crippen LogP contribution >= 0.6 is 11.8 Å². The Kier molecular flexibility index (Phi) is 6.60. The Balaban J connectivity index is 1.57. The minimum atomic E-state index is 0.696. The number of para-hydroxylation sites is 2. The molecule has 42 heavy (non-hydrogen) atoms. The lowest BCUT2D eigenvalue weighted by molar-refractivity contribution is 0.355. The fraction of sp³-hybridized carbons (Fsp3) is 0.108. The average Bonchev–Trinajstić information content (AvgIpc) is 3.03. The second-order valence-electron chi connectivity index (χ2n) is 10.5. The number of benzene rings is 5. The van der Waals surface area contributed by atoms with E-state index in [4.69, 9.17) is 14.5 Å². The predicted molar refractivity (Wildman–Crippen MR) is 174 cm³/mol. The molecule has 1 aliphatic rings. The standard InChI is InChI=1S/C37H30N2O2S/c1-23-13-16-25(17-14-23)28-22-27(26-18-20-32(40-3)33(21-26)41-4)36-24(2)15-19-31(37(36)38-28)39-29-9-5-7-11-34(29)42-35-12-8-6-10-30(35)39/h5-22H,1-4H3. The van der Waals surface area contributed by atoms with Gasteiger partial charge in [0, 0.05) is 20.7 Å². The maximum absolute atomic E-state index is 5.71. The number of anilines is 3. The molecule has 206 valence electrons. The Morgan fingerprint density at radius 1 is 0.619 bits per heavy atom.